The maximum atomic E-state index is 12.1. The maximum absolute atomic E-state index is 12.1. The molecule has 0 unspecified atom stereocenters. The van der Waals surface area contributed by atoms with Crippen LogP contribution in [0.4, 0.5) is 0 Å². The van der Waals surface area contributed by atoms with Crippen molar-refractivity contribution in [1.29, 1.82) is 0 Å². The molecule has 0 aliphatic carbocycles. The molecule has 0 saturated carbocycles. The van der Waals surface area contributed by atoms with Gasteiger partial charge in [-0.15, -0.1) is 0 Å². The van der Waals surface area contributed by atoms with Crippen LogP contribution in [0.5, 0.6) is 23.0 Å². The summed E-state index contributed by atoms with van der Waals surface area (Å²) in [6.07, 6.45) is -0.477. The van der Waals surface area contributed by atoms with Crippen molar-refractivity contribution in [2.24, 2.45) is 0 Å². The highest BCUT2D eigenvalue weighted by Gasteiger charge is 2.28. The summed E-state index contributed by atoms with van der Waals surface area (Å²) in [6.45, 7) is 8.28. The number of benzene rings is 2. The third kappa shape index (κ3) is 3.90. The van der Waals surface area contributed by atoms with Crippen LogP contribution in [0.1, 0.15) is 28.4 Å². The van der Waals surface area contributed by atoms with E-state index in [0.29, 0.717) is 0 Å². The number of nitrogens with one attached hydrogen (secondary N) is 1. The van der Waals surface area contributed by atoms with Crippen molar-refractivity contribution in [2.75, 3.05) is 39.3 Å². The number of ketones is 1. The number of fused-ring (bicyclic) bond motifs is 4. The van der Waals surface area contributed by atoms with Crippen LogP contribution in [0, 0.1) is 0 Å². The van der Waals surface area contributed by atoms with Crippen LogP contribution in [-0.4, -0.2) is 60.2 Å². The summed E-state index contributed by atoms with van der Waals surface area (Å²) in [6, 6.07) is 8.57. The summed E-state index contributed by atoms with van der Waals surface area (Å²) in [5.74, 6) is -0.850. The first kappa shape index (κ1) is 18.6. The molecule has 2 bridgehead atoms. The number of nitrogens with zero attached hydrogens (tertiary/aromatic N) is 1. The van der Waals surface area contributed by atoms with Gasteiger partial charge in [-0.25, -0.2) is 0 Å². The van der Waals surface area contributed by atoms with E-state index in [4.69, 9.17) is 4.74 Å². The number of Topliss-reactive ketones (excluding diaryl/α,β-unsaturated/α-hetero) is 1. The zero-order valence-corrected chi connectivity index (χ0v) is 15.6. The number of aromatic hydroxyl groups is 2. The monoisotopic (exact) mass is 384 g/mol. The van der Waals surface area contributed by atoms with Crippen molar-refractivity contribution < 1.29 is 29.8 Å². The van der Waals surface area contributed by atoms with Gasteiger partial charge < -0.3 is 25.0 Å². The normalized spacial score (nSPS) is 25.3. The number of carbonyl (C=O) groups is 1. The van der Waals surface area contributed by atoms with Gasteiger partial charge in [-0.2, -0.15) is 0 Å². The van der Waals surface area contributed by atoms with E-state index in [2.05, 4.69) is 4.90 Å². The van der Waals surface area contributed by atoms with Crippen molar-refractivity contribution >= 4 is 5.78 Å². The Hall–Kier alpha value is -2.77. The molecule has 7 nitrogen and oxygen atoms in total. The van der Waals surface area contributed by atoms with Gasteiger partial charge in [-0.1, -0.05) is 17.9 Å². The van der Waals surface area contributed by atoms with Gasteiger partial charge in [-0.05, 0) is 23.8 Å². The molecule has 1 atom stereocenters. The van der Waals surface area contributed by atoms with Gasteiger partial charge in [-0.3, -0.25) is 9.69 Å². The Balaban J connectivity index is 0.000000198. The van der Waals surface area contributed by atoms with E-state index in [1.165, 1.54) is 57.5 Å². The molecule has 4 aliphatic rings. The number of hydrogen-bond donors (Lipinski definition) is 3. The molecule has 2 aromatic rings. The Morgan fingerprint density at radius 3 is 2.18 bits per heavy atom. The fourth-order valence-electron chi connectivity index (χ4n) is 3.94. The first-order valence-electron chi connectivity index (χ1n) is 9.58. The van der Waals surface area contributed by atoms with E-state index >= 15 is 0 Å². The average molecular weight is 384 g/mol. The minimum Gasteiger partial charge on any atom is -0.872 e. The van der Waals surface area contributed by atoms with Crippen LogP contribution in [0.2, 0.25) is 0 Å². The minimum absolute atomic E-state index is 0.0159. The maximum Gasteiger partial charge on any atom is 0.170 e. The van der Waals surface area contributed by atoms with Crippen molar-refractivity contribution in [3.63, 3.8) is 0 Å². The van der Waals surface area contributed by atoms with Gasteiger partial charge >= 0.3 is 0 Å². The SMILES string of the molecule is C1C[NH+]2CCN1CC2.O=C1C[C@H](c2ccc(O)cc2)Oc2cc(O)cc([O-])c21. The Labute approximate surface area is 163 Å². The Morgan fingerprint density at radius 1 is 1.00 bits per heavy atom. The largest absolute Gasteiger partial charge is 0.872 e. The number of carbonyl (C=O) groups excluding carboxylic acids is 1. The van der Waals surface area contributed by atoms with Crippen LogP contribution >= 0.6 is 0 Å². The molecule has 6 rings (SSSR count). The number of phenols is 2. The third-order valence-corrected chi connectivity index (χ3v) is 5.58. The van der Waals surface area contributed by atoms with Gasteiger partial charge in [0.05, 0.1) is 31.6 Å². The van der Waals surface area contributed by atoms with Crippen LogP contribution in [0.25, 0.3) is 0 Å². The van der Waals surface area contributed by atoms with Crippen molar-refractivity contribution in [1.82, 2.24) is 4.90 Å². The molecule has 0 radical (unpaired) electrons. The number of phenolic OH excluding ortho intramolecular Hbond substituents is 2. The first-order valence-corrected chi connectivity index (χ1v) is 9.58. The molecule has 148 valence electrons. The van der Waals surface area contributed by atoms with Crippen molar-refractivity contribution in [3.8, 4) is 23.0 Å². The van der Waals surface area contributed by atoms with Crippen LogP contribution in [0.3, 0.4) is 0 Å². The fraction of sp³-hybridized carbons (Fsp3) is 0.381. The van der Waals surface area contributed by atoms with Gasteiger partial charge in [0.15, 0.2) is 5.78 Å². The molecule has 3 saturated heterocycles. The quantitative estimate of drug-likeness (QED) is 0.644. The summed E-state index contributed by atoms with van der Waals surface area (Å²) in [5, 5.41) is 30.4. The molecule has 4 aliphatic heterocycles. The lowest BCUT2D eigenvalue weighted by Gasteiger charge is -2.38. The summed E-state index contributed by atoms with van der Waals surface area (Å²) in [4.78, 5) is 16.4. The lowest BCUT2D eigenvalue weighted by molar-refractivity contribution is -0.914. The molecule has 3 fully saturated rings. The highest BCUT2D eigenvalue weighted by Crippen LogP contribution is 2.40. The second-order valence-electron chi connectivity index (χ2n) is 7.48. The first-order chi connectivity index (χ1) is 13.5. The van der Waals surface area contributed by atoms with Gasteiger partial charge in [0.1, 0.15) is 23.4 Å². The van der Waals surface area contributed by atoms with Crippen molar-refractivity contribution in [3.05, 3.63) is 47.5 Å². The van der Waals surface area contributed by atoms with E-state index < -0.39 is 11.9 Å². The van der Waals surface area contributed by atoms with Crippen LogP contribution < -0.4 is 14.7 Å². The smallest absolute Gasteiger partial charge is 0.170 e. The molecule has 2 aromatic carbocycles. The third-order valence-electron chi connectivity index (χ3n) is 5.58. The number of hydrogen-bond acceptors (Lipinski definition) is 6. The highest BCUT2D eigenvalue weighted by molar-refractivity contribution is 6.02. The lowest BCUT2D eigenvalue weighted by Crippen LogP contribution is -3.17. The zero-order valence-electron chi connectivity index (χ0n) is 15.6. The predicted molar refractivity (Wildman–Crippen MR) is 100.0 cm³/mol. The Kier molecular flexibility index (Phi) is 5.11. The lowest BCUT2D eigenvalue weighted by atomic mass is 9.95. The van der Waals surface area contributed by atoms with Crippen LogP contribution in [-0.2, 0) is 0 Å². The van der Waals surface area contributed by atoms with Crippen LogP contribution in [0.15, 0.2) is 36.4 Å². The number of ether oxygens (including phenoxy) is 1. The summed E-state index contributed by atoms with van der Waals surface area (Å²) in [5.41, 5.74) is 0.704. The van der Waals surface area contributed by atoms with E-state index in [-0.39, 0.29) is 35.0 Å². The Morgan fingerprint density at radius 2 is 1.64 bits per heavy atom. The fourth-order valence-corrected chi connectivity index (χ4v) is 3.94. The molecule has 0 spiro atoms. The minimum atomic E-state index is -0.533. The molecule has 28 heavy (non-hydrogen) atoms. The molecule has 7 heteroatoms. The van der Waals surface area contributed by atoms with Gasteiger partial charge in [0.2, 0.25) is 0 Å². The molecule has 0 aromatic heterocycles. The number of rotatable bonds is 1. The topological polar surface area (TPSA) is 97.5 Å². The summed E-state index contributed by atoms with van der Waals surface area (Å²) >= 11 is 0. The van der Waals surface area contributed by atoms with Crippen molar-refractivity contribution in [2.45, 2.75) is 12.5 Å². The van der Waals surface area contributed by atoms with Gasteiger partial charge in [0, 0.05) is 25.7 Å². The van der Waals surface area contributed by atoms with Gasteiger partial charge in [0.25, 0.3) is 0 Å². The second-order valence-corrected chi connectivity index (χ2v) is 7.48. The second kappa shape index (κ2) is 7.69. The number of piperazine rings is 3. The average Bonchev–Trinajstić information content (AvgIpc) is 2.69. The predicted octanol–water partition coefficient (Wildman–Crippen LogP) is 0.0784. The standard InChI is InChI=1S/C15H12O5.C6H12N2/c16-9-3-1-8(2-4-9)13-7-12(19)15-11(18)5-10(17)6-14(15)20-13;1-2-8-5-3-7(1)4-6-8/h1-6,13,16-18H,7H2;1-6H2/t13-;/m1./s1. The zero-order chi connectivity index (χ0) is 19.7. The molecule has 3 N–H and O–H groups in total. The summed E-state index contributed by atoms with van der Waals surface area (Å²) < 4.78 is 5.63. The molecule has 4 heterocycles. The Bertz CT molecular complexity index is 837. The van der Waals surface area contributed by atoms with E-state index in [1.807, 2.05) is 4.90 Å². The summed E-state index contributed by atoms with van der Waals surface area (Å²) in [7, 11) is 0. The van der Waals surface area contributed by atoms with E-state index in [1.54, 1.807) is 12.1 Å². The van der Waals surface area contributed by atoms with E-state index in [9.17, 15) is 20.1 Å². The number of quaternary nitrogens is 1. The molecule has 0 amide bonds. The van der Waals surface area contributed by atoms with E-state index in [0.717, 1.165) is 11.6 Å². The highest BCUT2D eigenvalue weighted by atomic mass is 16.5. The molecular weight excluding hydrogens is 360 g/mol. The molecular formula is C21H24N2O5.